The van der Waals surface area contributed by atoms with Crippen molar-refractivity contribution in [3.8, 4) is 5.75 Å². The number of nitrogens with one attached hydrogen (secondary N) is 1. The van der Waals surface area contributed by atoms with E-state index in [1.54, 1.807) is 36.6 Å². The number of nitrogens with zero attached hydrogens (tertiary/aromatic N) is 2. The highest BCUT2D eigenvalue weighted by atomic mass is 16.5. The quantitative estimate of drug-likeness (QED) is 0.297. The fraction of sp³-hybridized carbons (Fsp3) is 0.240. The summed E-state index contributed by atoms with van der Waals surface area (Å²) in [5, 5.41) is 9.79. The first kappa shape index (κ1) is 21.5. The molecule has 1 heterocycles. The number of hydrogen-bond donors (Lipinski definition) is 3. The molecule has 1 aromatic heterocycles. The zero-order chi connectivity index (χ0) is 22.5. The second-order valence-corrected chi connectivity index (χ2v) is 7.83. The van der Waals surface area contributed by atoms with Crippen molar-refractivity contribution in [3.05, 3.63) is 84.2 Å². The third-order valence-electron chi connectivity index (χ3n) is 5.60. The second-order valence-electron chi connectivity index (χ2n) is 7.83. The van der Waals surface area contributed by atoms with Gasteiger partial charge in [0.2, 0.25) is 11.7 Å². The van der Waals surface area contributed by atoms with Crippen LogP contribution in [0.25, 0.3) is 11.0 Å². The predicted molar refractivity (Wildman–Crippen MR) is 124 cm³/mol. The van der Waals surface area contributed by atoms with E-state index in [-0.39, 0.29) is 23.7 Å². The summed E-state index contributed by atoms with van der Waals surface area (Å²) in [6, 6.07) is 14.3. The summed E-state index contributed by atoms with van der Waals surface area (Å²) in [6.45, 7) is 3.67. The lowest BCUT2D eigenvalue weighted by molar-refractivity contribution is 0.103. The monoisotopic (exact) mass is 430 g/mol. The molecule has 7 heteroatoms. The van der Waals surface area contributed by atoms with Crippen LogP contribution in [-0.4, -0.2) is 33.2 Å². The molecular formula is C25H26N4O3. The van der Waals surface area contributed by atoms with E-state index < -0.39 is 0 Å². The van der Waals surface area contributed by atoms with Gasteiger partial charge in [0.1, 0.15) is 11.4 Å². The number of ether oxygens (including phenoxy) is 1. The van der Waals surface area contributed by atoms with Crippen molar-refractivity contribution in [3.63, 3.8) is 0 Å². The van der Waals surface area contributed by atoms with Crippen LogP contribution in [-0.2, 0) is 0 Å². The summed E-state index contributed by atoms with van der Waals surface area (Å²) < 4.78 is 5.85. The van der Waals surface area contributed by atoms with E-state index in [0.29, 0.717) is 35.7 Å². The highest BCUT2D eigenvalue weighted by Crippen LogP contribution is 2.32. The Morgan fingerprint density at radius 1 is 1.16 bits per heavy atom. The van der Waals surface area contributed by atoms with Crippen LogP contribution in [0.3, 0.4) is 0 Å². The van der Waals surface area contributed by atoms with E-state index in [4.69, 9.17) is 10.5 Å². The number of fused-ring (bicyclic) bond motifs is 1. The molecule has 0 bridgehead atoms. The van der Waals surface area contributed by atoms with Gasteiger partial charge in [-0.1, -0.05) is 24.8 Å². The number of H-pyrrole nitrogens is 1. The van der Waals surface area contributed by atoms with Gasteiger partial charge in [-0.15, -0.1) is 0 Å². The van der Waals surface area contributed by atoms with Gasteiger partial charge in [0.25, 0.3) is 0 Å². The number of benzene rings is 2. The van der Waals surface area contributed by atoms with Gasteiger partial charge in [0, 0.05) is 17.7 Å². The molecule has 164 valence electrons. The number of ketones is 1. The Bertz CT molecular complexity index is 1140. The molecule has 0 aliphatic heterocycles. The Hall–Kier alpha value is -3.71. The van der Waals surface area contributed by atoms with Crippen molar-refractivity contribution in [2.24, 2.45) is 16.6 Å². The largest absolute Gasteiger partial charge is 0.440 e. The molecule has 1 aliphatic rings. The number of allylic oxidation sites excluding steroid dienone is 2. The Morgan fingerprint density at radius 2 is 1.88 bits per heavy atom. The number of imidazole rings is 1. The lowest BCUT2D eigenvalue weighted by Crippen LogP contribution is -2.22. The van der Waals surface area contributed by atoms with Crippen molar-refractivity contribution >= 4 is 23.0 Å². The minimum Gasteiger partial charge on any atom is -0.440 e. The number of aromatic nitrogens is 2. The van der Waals surface area contributed by atoms with E-state index >= 15 is 0 Å². The van der Waals surface area contributed by atoms with Crippen LogP contribution in [0.15, 0.2) is 77.8 Å². The van der Waals surface area contributed by atoms with Crippen molar-refractivity contribution in [1.82, 2.24) is 9.97 Å². The van der Waals surface area contributed by atoms with Gasteiger partial charge in [-0.2, -0.15) is 0 Å². The number of aliphatic hydroxyl groups excluding tert-OH is 1. The van der Waals surface area contributed by atoms with E-state index in [1.807, 2.05) is 24.3 Å². The number of carbonyl (C=O) groups excluding carboxylic acids is 1. The summed E-state index contributed by atoms with van der Waals surface area (Å²) in [4.78, 5) is 24.6. The molecular weight excluding hydrogens is 404 g/mol. The van der Waals surface area contributed by atoms with Crippen molar-refractivity contribution in [1.29, 1.82) is 0 Å². The molecule has 2 aromatic carbocycles. The zero-order valence-electron chi connectivity index (χ0n) is 17.7. The van der Waals surface area contributed by atoms with Crippen LogP contribution in [0.4, 0.5) is 0 Å². The Kier molecular flexibility index (Phi) is 6.47. The van der Waals surface area contributed by atoms with Crippen molar-refractivity contribution in [2.75, 3.05) is 0 Å². The molecule has 3 aromatic rings. The summed E-state index contributed by atoms with van der Waals surface area (Å²) in [5.41, 5.74) is 8.96. The van der Waals surface area contributed by atoms with Gasteiger partial charge in [0.05, 0.1) is 17.1 Å². The number of hydrogen-bond acceptors (Lipinski definition) is 6. The molecule has 0 unspecified atom stereocenters. The normalized spacial score (nSPS) is 19.7. The minimum absolute atomic E-state index is 0.114. The number of carbonyl (C=O) groups is 1. The first-order chi connectivity index (χ1) is 15.5. The molecule has 4 rings (SSSR count). The fourth-order valence-electron chi connectivity index (χ4n) is 3.90. The fourth-order valence-corrected chi connectivity index (χ4v) is 3.90. The van der Waals surface area contributed by atoms with Gasteiger partial charge in [-0.25, -0.2) is 4.98 Å². The molecule has 0 saturated heterocycles. The average Bonchev–Trinajstić information content (AvgIpc) is 3.25. The molecule has 1 aliphatic carbocycles. The average molecular weight is 431 g/mol. The van der Waals surface area contributed by atoms with Crippen LogP contribution in [0.5, 0.6) is 5.75 Å². The van der Waals surface area contributed by atoms with Gasteiger partial charge in [-0.05, 0) is 62.1 Å². The maximum absolute atomic E-state index is 12.8. The molecule has 4 N–H and O–H groups in total. The molecule has 0 amide bonds. The van der Waals surface area contributed by atoms with Crippen LogP contribution >= 0.6 is 0 Å². The number of aliphatic imine (C=N–C) groups is 1. The van der Waals surface area contributed by atoms with Gasteiger partial charge in [0.15, 0.2) is 5.82 Å². The number of rotatable bonds is 7. The molecule has 32 heavy (non-hydrogen) atoms. The molecule has 7 nitrogen and oxygen atoms in total. The maximum Gasteiger partial charge on any atom is 0.228 e. The van der Waals surface area contributed by atoms with Crippen LogP contribution < -0.4 is 10.5 Å². The molecule has 0 atom stereocenters. The smallest absolute Gasteiger partial charge is 0.228 e. The third kappa shape index (κ3) is 4.78. The highest BCUT2D eigenvalue weighted by molar-refractivity contribution is 6.08. The van der Waals surface area contributed by atoms with E-state index in [9.17, 15) is 9.90 Å². The summed E-state index contributed by atoms with van der Waals surface area (Å²) in [7, 11) is 0. The lowest BCUT2D eigenvalue weighted by Gasteiger charge is -2.26. The first-order valence-electron chi connectivity index (χ1n) is 10.7. The SMILES string of the molecule is C=C/C=N\C(=C(/N)Oc1ccc(C(=O)c2nc3ccccc3[nH]2)cc1)[C@H]1CC[C@H](O)CC1. The predicted octanol–water partition coefficient (Wildman–Crippen LogP) is 4.11. The number of aliphatic hydroxyl groups is 1. The van der Waals surface area contributed by atoms with Crippen LogP contribution in [0.2, 0.25) is 0 Å². The highest BCUT2D eigenvalue weighted by Gasteiger charge is 2.25. The first-order valence-corrected chi connectivity index (χ1v) is 10.7. The zero-order valence-corrected chi connectivity index (χ0v) is 17.7. The summed E-state index contributed by atoms with van der Waals surface area (Å²) in [6.07, 6.45) is 5.91. The number of aromatic amines is 1. The summed E-state index contributed by atoms with van der Waals surface area (Å²) >= 11 is 0. The third-order valence-corrected chi connectivity index (χ3v) is 5.60. The standard InChI is InChI=1S/C25H26N4O3/c1-2-15-27-22(16-7-11-18(30)12-8-16)24(26)32-19-13-9-17(10-14-19)23(31)25-28-20-5-3-4-6-21(20)29-25/h2-6,9-10,13-16,18,30H,1,7-8,11-12,26H2,(H,28,29)/b24-22+,27-15-/t16-,18-. The van der Waals surface area contributed by atoms with E-state index in [1.165, 1.54) is 0 Å². The van der Waals surface area contributed by atoms with Crippen LogP contribution in [0, 0.1) is 5.92 Å². The number of nitrogens with two attached hydrogens (primary N) is 1. The molecule has 1 saturated carbocycles. The van der Waals surface area contributed by atoms with E-state index in [0.717, 1.165) is 23.9 Å². The Labute approximate surface area is 186 Å². The Morgan fingerprint density at radius 3 is 2.56 bits per heavy atom. The van der Waals surface area contributed by atoms with E-state index in [2.05, 4.69) is 21.5 Å². The number of para-hydroxylation sites is 2. The molecule has 0 spiro atoms. The second kappa shape index (κ2) is 9.62. The van der Waals surface area contributed by atoms with Crippen molar-refractivity contribution < 1.29 is 14.6 Å². The molecule has 1 fully saturated rings. The minimum atomic E-state index is -0.269. The topological polar surface area (TPSA) is 114 Å². The van der Waals surface area contributed by atoms with Gasteiger partial charge < -0.3 is 20.6 Å². The van der Waals surface area contributed by atoms with Gasteiger partial charge in [-0.3, -0.25) is 9.79 Å². The maximum atomic E-state index is 12.8. The summed E-state index contributed by atoms with van der Waals surface area (Å²) in [5.74, 6) is 0.920. The van der Waals surface area contributed by atoms with Gasteiger partial charge >= 0.3 is 0 Å². The van der Waals surface area contributed by atoms with Crippen LogP contribution in [0.1, 0.15) is 41.9 Å². The van der Waals surface area contributed by atoms with Crippen molar-refractivity contribution in [2.45, 2.75) is 31.8 Å². The Balaban J connectivity index is 1.51. The lowest BCUT2D eigenvalue weighted by atomic mass is 9.85. The molecule has 0 radical (unpaired) electrons.